The Morgan fingerprint density at radius 3 is 3.00 bits per heavy atom. The molecule has 0 amide bonds. The van der Waals surface area contributed by atoms with Crippen molar-refractivity contribution in [1.29, 1.82) is 0 Å². The van der Waals surface area contributed by atoms with E-state index in [4.69, 9.17) is 4.74 Å². The van der Waals surface area contributed by atoms with Crippen LogP contribution in [0.4, 0.5) is 4.39 Å². The maximum atomic E-state index is 13.2. The molecule has 102 valence electrons. The van der Waals surface area contributed by atoms with Crippen LogP contribution in [0.5, 0.6) is 0 Å². The summed E-state index contributed by atoms with van der Waals surface area (Å²) in [5, 5.41) is 7.57. The fraction of sp³-hybridized carbons (Fsp3) is 0.357. The van der Waals surface area contributed by atoms with E-state index in [0.717, 1.165) is 30.0 Å². The van der Waals surface area contributed by atoms with Gasteiger partial charge in [-0.1, -0.05) is 6.07 Å². The molecule has 0 saturated carbocycles. The third-order valence-corrected chi connectivity index (χ3v) is 2.96. The van der Waals surface area contributed by atoms with Crippen LogP contribution in [0.2, 0.25) is 0 Å². The van der Waals surface area contributed by atoms with Gasteiger partial charge in [0.1, 0.15) is 5.82 Å². The van der Waals surface area contributed by atoms with Crippen molar-refractivity contribution in [3.63, 3.8) is 0 Å². The number of hydrogen-bond acceptors (Lipinski definition) is 3. The molecule has 0 fully saturated rings. The maximum absolute atomic E-state index is 13.2. The molecule has 0 unspecified atom stereocenters. The normalized spacial score (nSPS) is 10.9. The summed E-state index contributed by atoms with van der Waals surface area (Å²) >= 11 is 0. The molecule has 0 aliphatic heterocycles. The van der Waals surface area contributed by atoms with Gasteiger partial charge in [0.05, 0.1) is 18.5 Å². The van der Waals surface area contributed by atoms with Gasteiger partial charge in [-0.3, -0.25) is 0 Å². The largest absolute Gasteiger partial charge is 0.383 e. The van der Waals surface area contributed by atoms with Gasteiger partial charge in [0, 0.05) is 31.5 Å². The second kappa shape index (κ2) is 6.45. The fourth-order valence-corrected chi connectivity index (χ4v) is 1.88. The summed E-state index contributed by atoms with van der Waals surface area (Å²) < 4.78 is 19.9. The third-order valence-electron chi connectivity index (χ3n) is 2.96. The molecule has 0 saturated heterocycles. The summed E-state index contributed by atoms with van der Waals surface area (Å²) in [7, 11) is 1.68. The molecule has 0 aliphatic rings. The van der Waals surface area contributed by atoms with Crippen LogP contribution in [0, 0.1) is 12.7 Å². The Balaban J connectivity index is 2.10. The monoisotopic (exact) mass is 263 g/mol. The van der Waals surface area contributed by atoms with Crippen LogP contribution < -0.4 is 5.32 Å². The van der Waals surface area contributed by atoms with Crippen molar-refractivity contribution in [2.75, 3.05) is 20.3 Å². The standard InChI is InChI=1S/C14H18FN3O/c1-11-12(9-16-6-7-19-2)10-17-18(11)14-5-3-4-13(15)8-14/h3-5,8,10,16H,6-7,9H2,1-2H3. The number of nitrogens with zero attached hydrogens (tertiary/aromatic N) is 2. The highest BCUT2D eigenvalue weighted by molar-refractivity contribution is 5.35. The number of methoxy groups -OCH3 is 1. The Morgan fingerprint density at radius 2 is 2.26 bits per heavy atom. The van der Waals surface area contributed by atoms with Crippen LogP contribution in [-0.4, -0.2) is 30.0 Å². The van der Waals surface area contributed by atoms with Crippen molar-refractivity contribution in [2.24, 2.45) is 0 Å². The molecule has 0 spiro atoms. The highest BCUT2D eigenvalue weighted by Gasteiger charge is 2.08. The van der Waals surface area contributed by atoms with Gasteiger partial charge in [0.2, 0.25) is 0 Å². The molecule has 1 aromatic carbocycles. The van der Waals surface area contributed by atoms with Crippen molar-refractivity contribution >= 4 is 0 Å². The molecule has 0 radical (unpaired) electrons. The first-order valence-electron chi connectivity index (χ1n) is 6.21. The number of nitrogens with one attached hydrogen (secondary N) is 1. The molecule has 2 aromatic rings. The van der Waals surface area contributed by atoms with E-state index in [9.17, 15) is 4.39 Å². The van der Waals surface area contributed by atoms with Gasteiger partial charge in [-0.15, -0.1) is 0 Å². The molecule has 4 nitrogen and oxygen atoms in total. The Morgan fingerprint density at radius 1 is 1.42 bits per heavy atom. The first-order chi connectivity index (χ1) is 9.22. The summed E-state index contributed by atoms with van der Waals surface area (Å²) in [6.45, 7) is 4.17. The van der Waals surface area contributed by atoms with Crippen LogP contribution in [0.1, 0.15) is 11.3 Å². The minimum Gasteiger partial charge on any atom is -0.383 e. The van der Waals surface area contributed by atoms with E-state index in [1.807, 2.05) is 13.0 Å². The van der Waals surface area contributed by atoms with Crippen LogP contribution in [-0.2, 0) is 11.3 Å². The van der Waals surface area contributed by atoms with Crippen LogP contribution >= 0.6 is 0 Å². The number of aromatic nitrogens is 2. The highest BCUT2D eigenvalue weighted by Crippen LogP contribution is 2.14. The molecule has 5 heteroatoms. The number of ether oxygens (including phenoxy) is 1. The zero-order chi connectivity index (χ0) is 13.7. The quantitative estimate of drug-likeness (QED) is 0.811. The van der Waals surface area contributed by atoms with Crippen LogP contribution in [0.15, 0.2) is 30.5 Å². The van der Waals surface area contributed by atoms with E-state index >= 15 is 0 Å². The zero-order valence-electron chi connectivity index (χ0n) is 11.2. The minimum absolute atomic E-state index is 0.257. The first-order valence-corrected chi connectivity index (χ1v) is 6.21. The molecule has 19 heavy (non-hydrogen) atoms. The molecule has 0 aliphatic carbocycles. The maximum Gasteiger partial charge on any atom is 0.125 e. The molecule has 1 heterocycles. The highest BCUT2D eigenvalue weighted by atomic mass is 19.1. The Hall–Kier alpha value is -1.72. The Kier molecular flexibility index (Phi) is 4.65. The molecule has 0 atom stereocenters. The van der Waals surface area contributed by atoms with E-state index in [0.29, 0.717) is 6.61 Å². The average molecular weight is 263 g/mol. The summed E-state index contributed by atoms with van der Waals surface area (Å²) in [6.07, 6.45) is 1.81. The minimum atomic E-state index is -0.257. The zero-order valence-corrected chi connectivity index (χ0v) is 11.2. The van der Waals surface area contributed by atoms with Crippen LogP contribution in [0.25, 0.3) is 5.69 Å². The molecular formula is C14H18FN3O. The lowest BCUT2D eigenvalue weighted by atomic mass is 10.2. The van der Waals surface area contributed by atoms with Gasteiger partial charge in [0.25, 0.3) is 0 Å². The number of rotatable bonds is 6. The average Bonchev–Trinajstić information content (AvgIpc) is 2.76. The topological polar surface area (TPSA) is 39.1 Å². The van der Waals surface area contributed by atoms with E-state index in [1.165, 1.54) is 12.1 Å². The van der Waals surface area contributed by atoms with Gasteiger partial charge < -0.3 is 10.1 Å². The van der Waals surface area contributed by atoms with E-state index in [1.54, 1.807) is 24.1 Å². The summed E-state index contributed by atoms with van der Waals surface area (Å²) in [4.78, 5) is 0. The van der Waals surface area contributed by atoms with Gasteiger partial charge in [-0.25, -0.2) is 9.07 Å². The number of halogens is 1. The number of hydrogen-bond donors (Lipinski definition) is 1. The Labute approximate surface area is 112 Å². The predicted molar refractivity (Wildman–Crippen MR) is 71.8 cm³/mol. The first kappa shape index (κ1) is 13.7. The van der Waals surface area contributed by atoms with E-state index in [2.05, 4.69) is 10.4 Å². The van der Waals surface area contributed by atoms with E-state index in [-0.39, 0.29) is 5.82 Å². The van der Waals surface area contributed by atoms with Crippen molar-refractivity contribution in [3.05, 3.63) is 47.5 Å². The van der Waals surface area contributed by atoms with Crippen molar-refractivity contribution < 1.29 is 9.13 Å². The van der Waals surface area contributed by atoms with Crippen molar-refractivity contribution in [2.45, 2.75) is 13.5 Å². The predicted octanol–water partition coefficient (Wildman–Crippen LogP) is 2.06. The lowest BCUT2D eigenvalue weighted by molar-refractivity contribution is 0.199. The number of benzene rings is 1. The Bertz CT molecular complexity index is 539. The van der Waals surface area contributed by atoms with Gasteiger partial charge in [0.15, 0.2) is 0 Å². The molecule has 0 bridgehead atoms. The SMILES string of the molecule is COCCNCc1cnn(-c2cccc(F)c2)c1C. The summed E-state index contributed by atoms with van der Waals surface area (Å²) in [5.41, 5.74) is 2.84. The smallest absolute Gasteiger partial charge is 0.125 e. The molecular weight excluding hydrogens is 245 g/mol. The lowest BCUT2D eigenvalue weighted by Gasteiger charge is -2.06. The molecule has 1 aromatic heterocycles. The summed E-state index contributed by atoms with van der Waals surface area (Å²) in [6, 6.07) is 6.42. The van der Waals surface area contributed by atoms with Gasteiger partial charge in [-0.05, 0) is 25.1 Å². The second-order valence-electron chi connectivity index (χ2n) is 4.32. The van der Waals surface area contributed by atoms with Crippen LogP contribution in [0.3, 0.4) is 0 Å². The molecule has 1 N–H and O–H groups in total. The summed E-state index contributed by atoms with van der Waals surface area (Å²) in [5.74, 6) is -0.257. The second-order valence-corrected chi connectivity index (χ2v) is 4.32. The fourth-order valence-electron chi connectivity index (χ4n) is 1.88. The molecule has 2 rings (SSSR count). The lowest BCUT2D eigenvalue weighted by Crippen LogP contribution is -2.18. The van der Waals surface area contributed by atoms with Crippen molar-refractivity contribution in [3.8, 4) is 5.69 Å². The third kappa shape index (κ3) is 3.39. The van der Waals surface area contributed by atoms with Gasteiger partial charge in [-0.2, -0.15) is 5.10 Å². The van der Waals surface area contributed by atoms with E-state index < -0.39 is 0 Å². The van der Waals surface area contributed by atoms with Gasteiger partial charge >= 0.3 is 0 Å². The van der Waals surface area contributed by atoms with Crippen molar-refractivity contribution in [1.82, 2.24) is 15.1 Å².